The Balaban J connectivity index is 1.34. The van der Waals surface area contributed by atoms with Crippen LogP contribution in [0.5, 0.6) is 0 Å². The fourth-order valence-electron chi connectivity index (χ4n) is 4.72. The van der Waals surface area contributed by atoms with Crippen molar-refractivity contribution in [2.45, 2.75) is 57.2 Å². The number of anilines is 3. The number of rotatable bonds is 6. The molecule has 2 aliphatic rings. The van der Waals surface area contributed by atoms with E-state index < -0.39 is 0 Å². The van der Waals surface area contributed by atoms with Gasteiger partial charge in [0.25, 0.3) is 0 Å². The van der Waals surface area contributed by atoms with Gasteiger partial charge in [-0.3, -0.25) is 15.1 Å². The zero-order chi connectivity index (χ0) is 19.8. The van der Waals surface area contributed by atoms with Gasteiger partial charge < -0.3 is 10.6 Å². The van der Waals surface area contributed by atoms with E-state index in [1.54, 1.807) is 6.20 Å². The summed E-state index contributed by atoms with van der Waals surface area (Å²) < 4.78 is 0. The molecule has 3 aromatic heterocycles. The van der Waals surface area contributed by atoms with Crippen molar-refractivity contribution >= 4 is 28.6 Å². The molecule has 0 aliphatic carbocycles. The van der Waals surface area contributed by atoms with Crippen LogP contribution in [-0.2, 0) is 0 Å². The number of aromatic amines is 2. The summed E-state index contributed by atoms with van der Waals surface area (Å²) in [6.07, 6.45) is 6.84. The number of aromatic nitrogens is 6. The standard InChI is InChI=1S/C19H24N10/c1-11-7-16(27-26-11)23-17-15-10-21-28-18(15)25-19(24-17)22-12-8-13-3-4-14(9-12)29(13)6-2-5-20/h7,10,12-14H,2-4,6,8-9H2,1H3,(H4,21,22,23,24,25,26,27,28)/t12?,13-,14?/m0/s1. The van der Waals surface area contributed by atoms with E-state index in [0.29, 0.717) is 47.8 Å². The van der Waals surface area contributed by atoms with Crippen LogP contribution in [0.1, 0.15) is 37.8 Å². The van der Waals surface area contributed by atoms with E-state index in [1.807, 2.05) is 13.0 Å². The third-order valence-corrected chi connectivity index (χ3v) is 5.96. The third kappa shape index (κ3) is 3.49. The monoisotopic (exact) mass is 392 g/mol. The van der Waals surface area contributed by atoms with Crippen LogP contribution in [0.3, 0.4) is 0 Å². The highest BCUT2D eigenvalue weighted by Crippen LogP contribution is 2.36. The minimum absolute atomic E-state index is 0.326. The second-order valence-corrected chi connectivity index (χ2v) is 7.93. The number of hydrogen-bond acceptors (Lipinski definition) is 8. The van der Waals surface area contributed by atoms with Crippen LogP contribution in [0.25, 0.3) is 11.0 Å². The van der Waals surface area contributed by atoms with Gasteiger partial charge in [-0.2, -0.15) is 25.4 Å². The van der Waals surface area contributed by atoms with E-state index in [2.05, 4.69) is 47.0 Å². The Hall–Kier alpha value is -3.19. The van der Waals surface area contributed by atoms with Gasteiger partial charge in [-0.15, -0.1) is 0 Å². The molecule has 5 heterocycles. The summed E-state index contributed by atoms with van der Waals surface area (Å²) in [5, 5.41) is 30.7. The SMILES string of the molecule is Cc1cc(Nc2nc(NC3CC4CC[C@@H](C3)N4CCC#N)nc3[nH]ncc23)n[nH]1. The third-order valence-electron chi connectivity index (χ3n) is 5.96. The number of fused-ring (bicyclic) bond motifs is 3. The summed E-state index contributed by atoms with van der Waals surface area (Å²) in [4.78, 5) is 11.8. The molecule has 5 rings (SSSR count). The molecule has 0 saturated carbocycles. The average molecular weight is 392 g/mol. The summed E-state index contributed by atoms with van der Waals surface area (Å²) in [5.74, 6) is 1.97. The second-order valence-electron chi connectivity index (χ2n) is 7.93. The maximum atomic E-state index is 8.91. The summed E-state index contributed by atoms with van der Waals surface area (Å²) in [5.41, 5.74) is 1.66. The van der Waals surface area contributed by atoms with Crippen molar-refractivity contribution in [1.82, 2.24) is 35.3 Å². The first-order chi connectivity index (χ1) is 14.2. The number of nitrogens with one attached hydrogen (secondary N) is 4. The van der Waals surface area contributed by atoms with Crippen LogP contribution in [0, 0.1) is 18.3 Å². The Morgan fingerprint density at radius 2 is 2.07 bits per heavy atom. The Morgan fingerprint density at radius 1 is 1.24 bits per heavy atom. The number of piperidine rings is 1. The fourth-order valence-corrected chi connectivity index (χ4v) is 4.72. The fraction of sp³-hybridized carbons (Fsp3) is 0.526. The molecule has 2 aliphatic heterocycles. The van der Waals surface area contributed by atoms with E-state index in [-0.39, 0.29) is 0 Å². The molecule has 10 heteroatoms. The molecule has 2 saturated heterocycles. The molecule has 2 fully saturated rings. The van der Waals surface area contributed by atoms with Crippen molar-refractivity contribution < 1.29 is 0 Å². The molecule has 0 amide bonds. The van der Waals surface area contributed by atoms with Crippen LogP contribution < -0.4 is 10.6 Å². The molecule has 2 bridgehead atoms. The Labute approximate surface area is 168 Å². The quantitative estimate of drug-likeness (QED) is 0.502. The van der Waals surface area contributed by atoms with Gasteiger partial charge >= 0.3 is 0 Å². The lowest BCUT2D eigenvalue weighted by Gasteiger charge is -2.38. The van der Waals surface area contributed by atoms with Crippen molar-refractivity contribution in [3.63, 3.8) is 0 Å². The van der Waals surface area contributed by atoms with Crippen molar-refractivity contribution in [1.29, 1.82) is 5.26 Å². The molecular formula is C19H24N10. The van der Waals surface area contributed by atoms with Gasteiger partial charge in [0.1, 0.15) is 5.82 Å². The Bertz CT molecular complexity index is 1030. The van der Waals surface area contributed by atoms with Crippen LogP contribution in [-0.4, -0.2) is 59.9 Å². The Kier molecular flexibility index (Phi) is 4.52. The average Bonchev–Trinajstić information content (AvgIpc) is 3.39. The van der Waals surface area contributed by atoms with Crippen molar-refractivity contribution in [2.75, 3.05) is 17.2 Å². The second kappa shape index (κ2) is 7.33. The lowest BCUT2D eigenvalue weighted by Crippen LogP contribution is -2.47. The highest BCUT2D eigenvalue weighted by Gasteiger charge is 2.40. The zero-order valence-corrected chi connectivity index (χ0v) is 16.3. The highest BCUT2D eigenvalue weighted by molar-refractivity contribution is 5.88. The van der Waals surface area contributed by atoms with Crippen molar-refractivity contribution in [2.24, 2.45) is 0 Å². The van der Waals surface area contributed by atoms with E-state index in [4.69, 9.17) is 10.2 Å². The molecule has 0 spiro atoms. The van der Waals surface area contributed by atoms with Crippen molar-refractivity contribution in [3.8, 4) is 6.07 Å². The first-order valence-electron chi connectivity index (χ1n) is 10.1. The van der Waals surface area contributed by atoms with Gasteiger partial charge in [0, 0.05) is 42.9 Å². The minimum Gasteiger partial charge on any atom is -0.351 e. The molecule has 4 N–H and O–H groups in total. The number of aryl methyl sites for hydroxylation is 1. The molecule has 29 heavy (non-hydrogen) atoms. The van der Waals surface area contributed by atoms with Crippen LogP contribution >= 0.6 is 0 Å². The zero-order valence-electron chi connectivity index (χ0n) is 16.3. The summed E-state index contributed by atoms with van der Waals surface area (Å²) in [7, 11) is 0. The summed E-state index contributed by atoms with van der Waals surface area (Å²) >= 11 is 0. The first kappa shape index (κ1) is 17.9. The topological polar surface area (TPSA) is 134 Å². The van der Waals surface area contributed by atoms with E-state index in [9.17, 15) is 0 Å². The van der Waals surface area contributed by atoms with Gasteiger partial charge in [0.15, 0.2) is 11.5 Å². The van der Waals surface area contributed by atoms with Gasteiger partial charge in [-0.05, 0) is 32.6 Å². The smallest absolute Gasteiger partial charge is 0.226 e. The number of nitriles is 1. The normalized spacial score (nSPS) is 23.9. The minimum atomic E-state index is 0.326. The van der Waals surface area contributed by atoms with Crippen molar-refractivity contribution in [3.05, 3.63) is 18.0 Å². The summed E-state index contributed by atoms with van der Waals surface area (Å²) in [6, 6.07) is 5.61. The molecule has 150 valence electrons. The lowest BCUT2D eigenvalue weighted by molar-refractivity contribution is 0.135. The molecule has 3 aromatic rings. The van der Waals surface area contributed by atoms with Gasteiger partial charge in [0.2, 0.25) is 5.95 Å². The van der Waals surface area contributed by atoms with Gasteiger partial charge in [-0.25, -0.2) is 0 Å². The van der Waals surface area contributed by atoms with Crippen LogP contribution in [0.4, 0.5) is 17.6 Å². The molecular weight excluding hydrogens is 368 g/mol. The maximum Gasteiger partial charge on any atom is 0.226 e. The van der Waals surface area contributed by atoms with Crippen LogP contribution in [0.2, 0.25) is 0 Å². The predicted molar refractivity (Wildman–Crippen MR) is 109 cm³/mol. The molecule has 0 radical (unpaired) electrons. The lowest BCUT2D eigenvalue weighted by atomic mass is 9.97. The van der Waals surface area contributed by atoms with E-state index in [0.717, 1.165) is 30.5 Å². The van der Waals surface area contributed by atoms with Gasteiger partial charge in [0.05, 0.1) is 17.7 Å². The maximum absolute atomic E-state index is 8.91. The number of nitrogens with zero attached hydrogens (tertiary/aromatic N) is 6. The molecule has 2 unspecified atom stereocenters. The largest absolute Gasteiger partial charge is 0.351 e. The van der Waals surface area contributed by atoms with Crippen LogP contribution in [0.15, 0.2) is 12.3 Å². The molecule has 3 atom stereocenters. The number of hydrogen-bond donors (Lipinski definition) is 4. The predicted octanol–water partition coefficient (Wildman–Crippen LogP) is 2.45. The molecule has 0 aromatic carbocycles. The highest BCUT2D eigenvalue weighted by atomic mass is 15.3. The van der Waals surface area contributed by atoms with E-state index in [1.165, 1.54) is 12.8 Å². The van der Waals surface area contributed by atoms with E-state index >= 15 is 0 Å². The summed E-state index contributed by atoms with van der Waals surface area (Å²) in [6.45, 7) is 2.84. The molecule has 10 nitrogen and oxygen atoms in total. The first-order valence-corrected chi connectivity index (χ1v) is 10.1. The number of H-pyrrole nitrogens is 2. The van der Waals surface area contributed by atoms with Gasteiger partial charge in [-0.1, -0.05) is 0 Å². The Morgan fingerprint density at radius 3 is 2.79 bits per heavy atom.